The van der Waals surface area contributed by atoms with Gasteiger partial charge in [-0.05, 0) is 12.1 Å². The molecular formula is C10H8ClF3O5S. The lowest BCUT2D eigenvalue weighted by molar-refractivity contribution is -0.153. The summed E-state index contributed by atoms with van der Waals surface area (Å²) < 4.78 is 63.6. The fraction of sp³-hybridized carbons (Fsp3) is 0.300. The van der Waals surface area contributed by atoms with Gasteiger partial charge in [-0.3, -0.25) is 0 Å². The van der Waals surface area contributed by atoms with Crippen LogP contribution in [0.25, 0.3) is 0 Å². The number of carboxylic acid groups (broad SMARTS) is 1. The van der Waals surface area contributed by atoms with E-state index in [1.807, 2.05) is 0 Å². The summed E-state index contributed by atoms with van der Waals surface area (Å²) in [6, 6.07) is 1.71. The first-order valence-electron chi connectivity index (χ1n) is 4.89. The number of carboxylic acids is 1. The molecule has 0 fully saturated rings. The Hall–Kier alpha value is -1.48. The van der Waals surface area contributed by atoms with Gasteiger partial charge >= 0.3 is 12.1 Å². The van der Waals surface area contributed by atoms with Gasteiger partial charge in [0.2, 0.25) is 0 Å². The standard InChI is InChI=1S/C10H8ClF3O5S/c1-20(17,18)6-3-2-5(9(15)16)7(11)8(6)19-4-10(12,13)14/h2-3H,4H2,1H3,(H,15,16). The molecule has 0 bridgehead atoms. The number of benzene rings is 1. The van der Waals surface area contributed by atoms with Gasteiger partial charge in [0.05, 0.1) is 10.6 Å². The highest BCUT2D eigenvalue weighted by Crippen LogP contribution is 2.36. The van der Waals surface area contributed by atoms with E-state index in [2.05, 4.69) is 4.74 Å². The predicted molar refractivity (Wildman–Crippen MR) is 63.1 cm³/mol. The van der Waals surface area contributed by atoms with Crippen LogP contribution in [0.3, 0.4) is 0 Å². The Kier molecular flexibility index (Phi) is 4.55. The van der Waals surface area contributed by atoms with Crippen LogP contribution in [0.5, 0.6) is 5.75 Å². The zero-order valence-corrected chi connectivity index (χ0v) is 11.4. The molecule has 10 heteroatoms. The SMILES string of the molecule is CS(=O)(=O)c1ccc(C(=O)O)c(Cl)c1OCC(F)(F)F. The van der Waals surface area contributed by atoms with Crippen molar-refractivity contribution in [3.8, 4) is 5.75 Å². The van der Waals surface area contributed by atoms with Crippen molar-refractivity contribution < 1.29 is 36.2 Å². The topological polar surface area (TPSA) is 80.7 Å². The Morgan fingerprint density at radius 3 is 2.35 bits per heavy atom. The van der Waals surface area contributed by atoms with Crippen molar-refractivity contribution in [2.24, 2.45) is 0 Å². The number of halogens is 4. The predicted octanol–water partition coefficient (Wildman–Crippen LogP) is 2.38. The van der Waals surface area contributed by atoms with Gasteiger partial charge in [0.15, 0.2) is 22.2 Å². The van der Waals surface area contributed by atoms with Gasteiger partial charge < -0.3 is 9.84 Å². The molecule has 0 saturated heterocycles. The molecule has 5 nitrogen and oxygen atoms in total. The Morgan fingerprint density at radius 2 is 1.95 bits per heavy atom. The van der Waals surface area contributed by atoms with Gasteiger partial charge in [0.1, 0.15) is 4.90 Å². The van der Waals surface area contributed by atoms with Crippen LogP contribution < -0.4 is 4.74 Å². The van der Waals surface area contributed by atoms with Crippen LogP contribution in [0, 0.1) is 0 Å². The summed E-state index contributed by atoms with van der Waals surface area (Å²) in [6.07, 6.45) is -3.99. The summed E-state index contributed by atoms with van der Waals surface area (Å²) in [5.74, 6) is -2.35. The van der Waals surface area contributed by atoms with E-state index >= 15 is 0 Å². The van der Waals surface area contributed by atoms with E-state index in [1.165, 1.54) is 0 Å². The van der Waals surface area contributed by atoms with Crippen LogP contribution >= 0.6 is 11.6 Å². The quantitative estimate of drug-likeness (QED) is 0.915. The van der Waals surface area contributed by atoms with Crippen LogP contribution in [-0.2, 0) is 9.84 Å². The van der Waals surface area contributed by atoms with Crippen LogP contribution in [0.2, 0.25) is 5.02 Å². The highest BCUT2D eigenvalue weighted by atomic mass is 35.5. The number of hydrogen-bond donors (Lipinski definition) is 1. The van der Waals surface area contributed by atoms with Crippen molar-refractivity contribution in [1.82, 2.24) is 0 Å². The first kappa shape index (κ1) is 16.6. The minimum Gasteiger partial charge on any atom is -0.481 e. The maximum absolute atomic E-state index is 12.1. The molecule has 20 heavy (non-hydrogen) atoms. The van der Waals surface area contributed by atoms with E-state index in [0.29, 0.717) is 0 Å². The smallest absolute Gasteiger partial charge is 0.422 e. The molecule has 112 valence electrons. The summed E-state index contributed by atoms with van der Waals surface area (Å²) in [4.78, 5) is 10.2. The van der Waals surface area contributed by atoms with Crippen LogP contribution in [0.1, 0.15) is 10.4 Å². The normalized spacial score (nSPS) is 12.2. The molecule has 0 aliphatic rings. The average molecular weight is 333 g/mol. The van der Waals surface area contributed by atoms with Gasteiger partial charge in [-0.1, -0.05) is 11.6 Å². The molecule has 1 rings (SSSR count). The molecule has 0 aliphatic heterocycles. The number of hydrogen-bond acceptors (Lipinski definition) is 4. The fourth-order valence-corrected chi connectivity index (χ4v) is 2.45. The summed E-state index contributed by atoms with van der Waals surface area (Å²) in [6.45, 7) is -1.79. The van der Waals surface area contributed by atoms with E-state index < -0.39 is 49.8 Å². The lowest BCUT2D eigenvalue weighted by Crippen LogP contribution is -2.20. The van der Waals surface area contributed by atoms with Gasteiger partial charge in [-0.2, -0.15) is 13.2 Å². The number of carbonyl (C=O) groups is 1. The number of rotatable bonds is 4. The number of aromatic carboxylic acids is 1. The largest absolute Gasteiger partial charge is 0.481 e. The minimum atomic E-state index is -4.72. The highest BCUT2D eigenvalue weighted by molar-refractivity contribution is 7.90. The highest BCUT2D eigenvalue weighted by Gasteiger charge is 2.31. The Morgan fingerprint density at radius 1 is 1.40 bits per heavy atom. The number of sulfone groups is 1. The lowest BCUT2D eigenvalue weighted by atomic mass is 10.2. The van der Waals surface area contributed by atoms with Crippen molar-refractivity contribution in [2.75, 3.05) is 12.9 Å². The molecule has 0 atom stereocenters. The molecule has 0 heterocycles. The lowest BCUT2D eigenvalue weighted by Gasteiger charge is -2.14. The molecular weight excluding hydrogens is 325 g/mol. The number of alkyl halides is 3. The van der Waals surface area contributed by atoms with Crippen LogP contribution in [0.4, 0.5) is 13.2 Å². The van der Waals surface area contributed by atoms with E-state index in [9.17, 15) is 26.4 Å². The monoisotopic (exact) mass is 332 g/mol. The van der Waals surface area contributed by atoms with Crippen molar-refractivity contribution in [2.45, 2.75) is 11.1 Å². The zero-order valence-electron chi connectivity index (χ0n) is 9.86. The zero-order chi connectivity index (χ0) is 15.7. The summed E-state index contributed by atoms with van der Waals surface area (Å²) in [5, 5.41) is 8.10. The third-order valence-corrected chi connectivity index (χ3v) is 3.57. The second kappa shape index (κ2) is 5.49. The van der Waals surface area contributed by atoms with Crippen molar-refractivity contribution in [3.05, 3.63) is 22.7 Å². The van der Waals surface area contributed by atoms with Gasteiger partial charge in [-0.25, -0.2) is 13.2 Å². The maximum Gasteiger partial charge on any atom is 0.422 e. The molecule has 0 unspecified atom stereocenters. The average Bonchev–Trinajstić information content (AvgIpc) is 2.23. The Bertz CT molecular complexity index is 639. The Balaban J connectivity index is 3.42. The third-order valence-electron chi connectivity index (χ3n) is 2.07. The fourth-order valence-electron chi connectivity index (χ4n) is 1.28. The number of ether oxygens (including phenoxy) is 1. The molecule has 0 aliphatic carbocycles. The van der Waals surface area contributed by atoms with Crippen LogP contribution in [0.15, 0.2) is 17.0 Å². The van der Waals surface area contributed by atoms with E-state index in [0.717, 1.165) is 18.4 Å². The summed E-state index contributed by atoms with van der Waals surface area (Å²) >= 11 is 5.61. The second-order valence-electron chi connectivity index (χ2n) is 3.74. The maximum atomic E-state index is 12.1. The minimum absolute atomic E-state index is 0.559. The molecule has 0 spiro atoms. The first-order chi connectivity index (χ1) is 8.93. The summed E-state index contributed by atoms with van der Waals surface area (Å²) in [5.41, 5.74) is -0.559. The second-order valence-corrected chi connectivity index (χ2v) is 6.10. The summed E-state index contributed by atoms with van der Waals surface area (Å²) in [7, 11) is -3.94. The third kappa shape index (κ3) is 4.01. The van der Waals surface area contributed by atoms with E-state index in [-0.39, 0.29) is 0 Å². The van der Waals surface area contributed by atoms with Crippen molar-refractivity contribution >= 4 is 27.4 Å². The van der Waals surface area contributed by atoms with Crippen molar-refractivity contribution in [3.63, 3.8) is 0 Å². The van der Waals surface area contributed by atoms with Gasteiger partial charge in [0.25, 0.3) is 0 Å². The molecule has 0 amide bonds. The molecule has 1 aromatic carbocycles. The van der Waals surface area contributed by atoms with Gasteiger partial charge in [0, 0.05) is 6.26 Å². The molecule has 0 radical (unpaired) electrons. The molecule has 0 aromatic heterocycles. The van der Waals surface area contributed by atoms with Crippen molar-refractivity contribution in [1.29, 1.82) is 0 Å². The molecule has 1 N–H and O–H groups in total. The first-order valence-corrected chi connectivity index (χ1v) is 7.16. The van der Waals surface area contributed by atoms with Gasteiger partial charge in [-0.15, -0.1) is 0 Å². The Labute approximate surface area is 116 Å². The van der Waals surface area contributed by atoms with E-state index in [1.54, 1.807) is 0 Å². The van der Waals surface area contributed by atoms with Crippen LogP contribution in [-0.4, -0.2) is 38.5 Å². The molecule has 1 aromatic rings. The van der Waals surface area contributed by atoms with E-state index in [4.69, 9.17) is 16.7 Å². The molecule has 0 saturated carbocycles.